The first-order valence-electron chi connectivity index (χ1n) is 10.5. The number of hydrogen-bond donors (Lipinski definition) is 1. The van der Waals surface area contributed by atoms with Crippen LogP contribution in [0.4, 0.5) is 0 Å². The number of aliphatic hydroxyl groups is 1. The summed E-state index contributed by atoms with van der Waals surface area (Å²) in [6, 6.07) is 0. The highest BCUT2D eigenvalue weighted by Gasteiger charge is 2.62. The summed E-state index contributed by atoms with van der Waals surface area (Å²) in [5, 5.41) is 11.2. The van der Waals surface area contributed by atoms with Crippen molar-refractivity contribution in [2.75, 3.05) is 0 Å². The zero-order chi connectivity index (χ0) is 18.7. The number of esters is 1. The van der Waals surface area contributed by atoms with Crippen LogP contribution in [0.2, 0.25) is 0 Å². The molecule has 0 heterocycles. The second-order valence-electron chi connectivity index (χ2n) is 9.86. The summed E-state index contributed by atoms with van der Waals surface area (Å²) in [6.07, 6.45) is 12.8. The Balaban J connectivity index is 1.61. The molecule has 0 unspecified atom stereocenters. The summed E-state index contributed by atoms with van der Waals surface area (Å²) in [5.74, 6) is 1.80. The molecule has 3 heteroatoms. The van der Waals surface area contributed by atoms with Gasteiger partial charge in [-0.25, -0.2) is 0 Å². The molecule has 1 N–H and O–H groups in total. The summed E-state index contributed by atoms with van der Waals surface area (Å²) < 4.78 is 5.52. The van der Waals surface area contributed by atoms with Gasteiger partial charge in [0.05, 0.1) is 5.60 Å². The van der Waals surface area contributed by atoms with Crippen LogP contribution in [0.15, 0.2) is 24.3 Å². The Morgan fingerprint density at radius 3 is 2.65 bits per heavy atom. The summed E-state index contributed by atoms with van der Waals surface area (Å²) in [4.78, 5) is 11.4. The van der Waals surface area contributed by atoms with Gasteiger partial charge in [0, 0.05) is 18.8 Å². The lowest BCUT2D eigenvalue weighted by molar-refractivity contribution is -0.149. The molecule has 0 spiro atoms. The Hall–Kier alpha value is -1.09. The third kappa shape index (κ3) is 2.38. The fraction of sp³-hybridized carbons (Fsp3) is 0.783. The molecule has 0 saturated heterocycles. The molecule has 3 saturated carbocycles. The molecule has 0 aromatic rings. The smallest absolute Gasteiger partial charge is 0.302 e. The highest BCUT2D eigenvalue weighted by Crippen LogP contribution is 2.67. The van der Waals surface area contributed by atoms with Crippen molar-refractivity contribution in [3.63, 3.8) is 0 Å². The van der Waals surface area contributed by atoms with Gasteiger partial charge in [0.25, 0.3) is 0 Å². The van der Waals surface area contributed by atoms with E-state index in [4.69, 9.17) is 4.74 Å². The van der Waals surface area contributed by atoms with Crippen molar-refractivity contribution in [3.8, 4) is 0 Å². The van der Waals surface area contributed by atoms with Gasteiger partial charge in [0.15, 0.2) is 0 Å². The second-order valence-corrected chi connectivity index (χ2v) is 9.86. The van der Waals surface area contributed by atoms with E-state index in [0.29, 0.717) is 17.8 Å². The molecular weight excluding hydrogens is 324 g/mol. The number of carbonyl (C=O) groups is 1. The van der Waals surface area contributed by atoms with Gasteiger partial charge in [0.2, 0.25) is 0 Å². The van der Waals surface area contributed by atoms with Gasteiger partial charge in [0.1, 0.15) is 6.10 Å². The van der Waals surface area contributed by atoms with Gasteiger partial charge >= 0.3 is 5.97 Å². The Labute approximate surface area is 157 Å². The standard InChI is InChI=1S/C23H34O3/c1-5-23(25)13-10-20-18-7-6-16-14-17(26-15(2)24)8-11-21(16,3)19(18)9-12-22(20,23)4/h5-6,17-20,25H,1,7-14H2,2-4H3/t17-,18-,19-,20-,21-,22-,23-/m1/s1. The Bertz CT molecular complexity index is 652. The molecule has 4 rings (SSSR count). The van der Waals surface area contributed by atoms with Crippen molar-refractivity contribution < 1.29 is 14.6 Å². The number of hydrogen-bond acceptors (Lipinski definition) is 3. The van der Waals surface area contributed by atoms with Crippen LogP contribution < -0.4 is 0 Å². The van der Waals surface area contributed by atoms with E-state index in [2.05, 4.69) is 26.5 Å². The molecule has 0 amide bonds. The van der Waals surface area contributed by atoms with E-state index in [1.807, 2.05) is 6.08 Å². The third-order valence-corrected chi connectivity index (χ3v) is 8.94. The van der Waals surface area contributed by atoms with E-state index >= 15 is 0 Å². The SMILES string of the molecule is C=C[C@@]1(O)CC[C@@H]2[C@@H]3CC=C4C[C@H](OC(C)=O)CC[C@@]4(C)[C@@H]3CC[C@]21C. The zero-order valence-electron chi connectivity index (χ0n) is 16.6. The molecule has 0 radical (unpaired) electrons. The predicted molar refractivity (Wildman–Crippen MR) is 102 cm³/mol. The number of carbonyl (C=O) groups excluding carboxylic acids is 1. The van der Waals surface area contributed by atoms with Crippen molar-refractivity contribution >= 4 is 5.97 Å². The highest BCUT2D eigenvalue weighted by molar-refractivity contribution is 5.66. The summed E-state index contributed by atoms with van der Waals surface area (Å²) in [6.45, 7) is 10.2. The third-order valence-electron chi connectivity index (χ3n) is 8.94. The molecular formula is C23H34O3. The van der Waals surface area contributed by atoms with Crippen LogP contribution in [-0.4, -0.2) is 22.8 Å². The van der Waals surface area contributed by atoms with Gasteiger partial charge in [-0.3, -0.25) is 4.79 Å². The largest absolute Gasteiger partial charge is 0.462 e. The molecule has 0 aromatic heterocycles. The molecule has 0 aliphatic heterocycles. The molecule has 4 aliphatic carbocycles. The minimum absolute atomic E-state index is 0.0213. The fourth-order valence-electron chi connectivity index (χ4n) is 7.35. The molecule has 144 valence electrons. The van der Waals surface area contributed by atoms with E-state index in [0.717, 1.165) is 44.9 Å². The summed E-state index contributed by atoms with van der Waals surface area (Å²) in [7, 11) is 0. The van der Waals surface area contributed by atoms with Gasteiger partial charge in [-0.05, 0) is 68.1 Å². The van der Waals surface area contributed by atoms with E-state index < -0.39 is 5.60 Å². The zero-order valence-corrected chi connectivity index (χ0v) is 16.6. The van der Waals surface area contributed by atoms with Crippen LogP contribution >= 0.6 is 0 Å². The van der Waals surface area contributed by atoms with Gasteiger partial charge in [-0.2, -0.15) is 0 Å². The average molecular weight is 359 g/mol. The lowest BCUT2D eigenvalue weighted by Crippen LogP contribution is -2.54. The van der Waals surface area contributed by atoms with Crippen molar-refractivity contribution in [2.24, 2.45) is 28.6 Å². The molecule has 3 fully saturated rings. The van der Waals surface area contributed by atoms with Crippen LogP contribution in [0.5, 0.6) is 0 Å². The monoisotopic (exact) mass is 358 g/mol. The Morgan fingerprint density at radius 2 is 1.96 bits per heavy atom. The van der Waals surface area contributed by atoms with Crippen LogP contribution in [0.1, 0.15) is 72.1 Å². The molecule has 0 bridgehead atoms. The predicted octanol–water partition coefficient (Wildman–Crippen LogP) is 4.80. The van der Waals surface area contributed by atoms with E-state index in [9.17, 15) is 9.90 Å². The maximum absolute atomic E-state index is 11.4. The Kier molecular flexibility index (Phi) is 4.19. The first-order chi connectivity index (χ1) is 12.2. The van der Waals surface area contributed by atoms with Gasteiger partial charge in [-0.15, -0.1) is 6.58 Å². The van der Waals surface area contributed by atoms with Crippen molar-refractivity contribution in [1.29, 1.82) is 0 Å². The average Bonchev–Trinajstić information content (AvgIpc) is 2.87. The topological polar surface area (TPSA) is 46.5 Å². The molecule has 4 aliphatic rings. The molecule has 0 aromatic carbocycles. The van der Waals surface area contributed by atoms with Crippen molar-refractivity contribution in [1.82, 2.24) is 0 Å². The fourth-order valence-corrected chi connectivity index (χ4v) is 7.35. The number of fused-ring (bicyclic) bond motifs is 5. The number of rotatable bonds is 2. The number of allylic oxidation sites excluding steroid dienone is 1. The van der Waals surface area contributed by atoms with Crippen LogP contribution in [-0.2, 0) is 9.53 Å². The quantitative estimate of drug-likeness (QED) is 0.570. The number of ether oxygens (including phenoxy) is 1. The summed E-state index contributed by atoms with van der Waals surface area (Å²) >= 11 is 0. The highest BCUT2D eigenvalue weighted by atomic mass is 16.5. The lowest BCUT2D eigenvalue weighted by Gasteiger charge is -2.58. The summed E-state index contributed by atoms with van der Waals surface area (Å²) in [5.41, 5.74) is 1.06. The molecule has 26 heavy (non-hydrogen) atoms. The minimum atomic E-state index is -0.694. The first-order valence-corrected chi connectivity index (χ1v) is 10.5. The van der Waals surface area contributed by atoms with Gasteiger partial charge < -0.3 is 9.84 Å². The van der Waals surface area contributed by atoms with E-state index in [1.165, 1.54) is 18.9 Å². The van der Waals surface area contributed by atoms with Crippen LogP contribution in [0, 0.1) is 28.6 Å². The maximum atomic E-state index is 11.4. The van der Waals surface area contributed by atoms with E-state index in [-0.39, 0.29) is 22.9 Å². The first kappa shape index (κ1) is 18.3. The van der Waals surface area contributed by atoms with Crippen molar-refractivity contribution in [3.05, 3.63) is 24.3 Å². The Morgan fingerprint density at radius 1 is 1.23 bits per heavy atom. The van der Waals surface area contributed by atoms with Gasteiger partial charge in [-0.1, -0.05) is 31.6 Å². The van der Waals surface area contributed by atoms with E-state index in [1.54, 1.807) is 0 Å². The minimum Gasteiger partial charge on any atom is -0.462 e. The lowest BCUT2D eigenvalue weighted by atomic mass is 9.47. The maximum Gasteiger partial charge on any atom is 0.302 e. The van der Waals surface area contributed by atoms with Crippen LogP contribution in [0.25, 0.3) is 0 Å². The van der Waals surface area contributed by atoms with Crippen LogP contribution in [0.3, 0.4) is 0 Å². The normalized spacial score (nSPS) is 50.1. The van der Waals surface area contributed by atoms with Crippen molar-refractivity contribution in [2.45, 2.75) is 83.8 Å². The molecule has 7 atom stereocenters. The second kappa shape index (κ2) is 5.95. The molecule has 3 nitrogen and oxygen atoms in total.